The summed E-state index contributed by atoms with van der Waals surface area (Å²) < 4.78 is 5.64. The highest BCUT2D eigenvalue weighted by molar-refractivity contribution is 9.10. The van der Waals surface area contributed by atoms with Crippen molar-refractivity contribution in [3.8, 4) is 0 Å². The van der Waals surface area contributed by atoms with Gasteiger partial charge < -0.3 is 20.7 Å². The van der Waals surface area contributed by atoms with Crippen LogP contribution in [0.1, 0.15) is 17.5 Å². The van der Waals surface area contributed by atoms with Crippen LogP contribution >= 0.6 is 15.9 Å². The topological polar surface area (TPSA) is 114 Å². The summed E-state index contributed by atoms with van der Waals surface area (Å²) in [5, 5.41) is 7.89. The summed E-state index contributed by atoms with van der Waals surface area (Å²) in [7, 11) is 1.24. The minimum absolute atomic E-state index is 0.222. The normalized spacial score (nSPS) is 18.8. The zero-order valence-corrected chi connectivity index (χ0v) is 19.1. The predicted octanol–water partition coefficient (Wildman–Crippen LogP) is 1.27. The van der Waals surface area contributed by atoms with E-state index in [1.807, 2.05) is 54.6 Å². The molecule has 2 aromatic rings. The van der Waals surface area contributed by atoms with E-state index in [9.17, 15) is 19.2 Å². The van der Waals surface area contributed by atoms with Gasteiger partial charge in [0.25, 0.3) is 0 Å². The Kier molecular flexibility index (Phi) is 7.99. The van der Waals surface area contributed by atoms with Crippen molar-refractivity contribution in [3.63, 3.8) is 0 Å². The monoisotopic (exact) mass is 501 g/mol. The van der Waals surface area contributed by atoms with Crippen molar-refractivity contribution in [3.05, 3.63) is 70.2 Å². The first kappa shape index (κ1) is 23.5. The lowest BCUT2D eigenvalue weighted by atomic mass is 10.0. The second-order valence-corrected chi connectivity index (χ2v) is 8.41. The lowest BCUT2D eigenvalue weighted by Crippen LogP contribution is -2.63. The van der Waals surface area contributed by atoms with E-state index in [1.54, 1.807) is 0 Å². The lowest BCUT2D eigenvalue weighted by Gasteiger charge is -2.29. The van der Waals surface area contributed by atoms with E-state index in [-0.39, 0.29) is 18.7 Å². The Morgan fingerprint density at radius 3 is 2.34 bits per heavy atom. The van der Waals surface area contributed by atoms with E-state index in [4.69, 9.17) is 4.74 Å². The van der Waals surface area contributed by atoms with Crippen molar-refractivity contribution < 1.29 is 23.9 Å². The highest BCUT2D eigenvalue weighted by atomic mass is 79.9. The molecule has 1 fully saturated rings. The third kappa shape index (κ3) is 6.40. The molecule has 1 aliphatic heterocycles. The van der Waals surface area contributed by atoms with E-state index < -0.39 is 35.9 Å². The number of hydrogen-bond acceptors (Lipinski definition) is 5. The van der Waals surface area contributed by atoms with Gasteiger partial charge in [-0.1, -0.05) is 58.4 Å². The number of piperazine rings is 1. The fraction of sp³-hybridized carbons (Fsp3) is 0.304. The average Bonchev–Trinajstić information content (AvgIpc) is 2.77. The van der Waals surface area contributed by atoms with Crippen LogP contribution in [-0.4, -0.2) is 48.9 Å². The molecule has 3 rings (SSSR count). The van der Waals surface area contributed by atoms with Crippen LogP contribution in [0.5, 0.6) is 0 Å². The van der Waals surface area contributed by atoms with Crippen molar-refractivity contribution in [2.75, 3.05) is 7.11 Å². The van der Waals surface area contributed by atoms with Gasteiger partial charge in [0.2, 0.25) is 17.7 Å². The maximum absolute atomic E-state index is 12.6. The number of hydrogen-bond donors (Lipinski definition) is 3. The van der Waals surface area contributed by atoms with Crippen LogP contribution in [0.4, 0.5) is 0 Å². The van der Waals surface area contributed by atoms with Gasteiger partial charge in [-0.3, -0.25) is 14.4 Å². The lowest BCUT2D eigenvalue weighted by molar-refractivity contribution is -0.145. The van der Waals surface area contributed by atoms with E-state index in [2.05, 4.69) is 31.9 Å². The fourth-order valence-corrected chi connectivity index (χ4v) is 3.93. The van der Waals surface area contributed by atoms with Gasteiger partial charge in [0, 0.05) is 17.3 Å². The number of halogens is 1. The molecule has 3 atom stereocenters. The first-order valence-corrected chi connectivity index (χ1v) is 10.9. The Morgan fingerprint density at radius 2 is 1.66 bits per heavy atom. The van der Waals surface area contributed by atoms with Crippen molar-refractivity contribution in [1.82, 2.24) is 16.0 Å². The molecule has 0 aliphatic carbocycles. The number of esters is 1. The van der Waals surface area contributed by atoms with Gasteiger partial charge in [0.05, 0.1) is 13.5 Å². The molecule has 0 aromatic heterocycles. The van der Waals surface area contributed by atoms with Gasteiger partial charge in [-0.2, -0.15) is 0 Å². The third-order valence-corrected chi connectivity index (χ3v) is 5.58. The molecule has 168 valence electrons. The van der Waals surface area contributed by atoms with Crippen LogP contribution in [0, 0.1) is 0 Å². The molecule has 2 aromatic carbocycles. The van der Waals surface area contributed by atoms with Crippen LogP contribution in [0.2, 0.25) is 0 Å². The molecule has 1 saturated heterocycles. The average molecular weight is 502 g/mol. The highest BCUT2D eigenvalue weighted by Gasteiger charge is 2.35. The standard InChI is InChI=1S/C23H24BrN3O5/c1-32-23(31)19(12-15-8-5-9-16(24)10-15)25-20(28)13-18-22(30)26-17(21(29)27-18)11-14-6-3-2-4-7-14/h2-10,17-19H,11-13H2,1H3,(H,25,28)(H,26,30)(H,27,29)/t17-,18-,19+/m0/s1. The number of ether oxygens (including phenoxy) is 1. The highest BCUT2D eigenvalue weighted by Crippen LogP contribution is 2.14. The van der Waals surface area contributed by atoms with E-state index in [0.29, 0.717) is 6.42 Å². The molecule has 1 heterocycles. The molecule has 0 bridgehead atoms. The van der Waals surface area contributed by atoms with E-state index in [1.165, 1.54) is 7.11 Å². The maximum atomic E-state index is 12.6. The molecule has 0 saturated carbocycles. The zero-order chi connectivity index (χ0) is 23.1. The Bertz CT molecular complexity index is 998. The fourth-order valence-electron chi connectivity index (χ4n) is 3.49. The molecule has 9 heteroatoms. The number of carbonyl (C=O) groups excluding carboxylic acids is 4. The van der Waals surface area contributed by atoms with Crippen molar-refractivity contribution in [1.29, 1.82) is 0 Å². The number of benzene rings is 2. The number of rotatable bonds is 8. The second kappa shape index (κ2) is 10.9. The summed E-state index contributed by atoms with van der Waals surface area (Å²) in [6.07, 6.45) is 0.288. The number of nitrogens with one attached hydrogen (secondary N) is 3. The van der Waals surface area contributed by atoms with Gasteiger partial charge >= 0.3 is 5.97 Å². The Morgan fingerprint density at radius 1 is 1.00 bits per heavy atom. The van der Waals surface area contributed by atoms with E-state index >= 15 is 0 Å². The van der Waals surface area contributed by atoms with Crippen LogP contribution in [0.25, 0.3) is 0 Å². The quantitative estimate of drug-likeness (QED) is 0.471. The predicted molar refractivity (Wildman–Crippen MR) is 120 cm³/mol. The first-order chi connectivity index (χ1) is 15.4. The molecule has 3 amide bonds. The Balaban J connectivity index is 1.58. The van der Waals surface area contributed by atoms with Crippen LogP contribution in [0.15, 0.2) is 59.1 Å². The summed E-state index contributed by atoms with van der Waals surface area (Å²) in [6.45, 7) is 0. The second-order valence-electron chi connectivity index (χ2n) is 7.49. The Hall–Kier alpha value is -3.20. The minimum Gasteiger partial charge on any atom is -0.467 e. The van der Waals surface area contributed by atoms with Crippen molar-refractivity contribution in [2.24, 2.45) is 0 Å². The van der Waals surface area contributed by atoms with Crippen LogP contribution in [-0.2, 0) is 36.8 Å². The largest absolute Gasteiger partial charge is 0.467 e. The van der Waals surface area contributed by atoms with Crippen molar-refractivity contribution in [2.45, 2.75) is 37.4 Å². The molecule has 0 radical (unpaired) electrons. The van der Waals surface area contributed by atoms with Crippen LogP contribution < -0.4 is 16.0 Å². The van der Waals surface area contributed by atoms with Gasteiger partial charge in [-0.15, -0.1) is 0 Å². The summed E-state index contributed by atoms with van der Waals surface area (Å²) in [4.78, 5) is 49.7. The molecule has 3 N–H and O–H groups in total. The maximum Gasteiger partial charge on any atom is 0.328 e. The van der Waals surface area contributed by atoms with Gasteiger partial charge in [0.1, 0.15) is 18.1 Å². The summed E-state index contributed by atoms with van der Waals surface area (Å²) >= 11 is 3.37. The molecular formula is C23H24BrN3O5. The molecule has 1 aliphatic rings. The van der Waals surface area contributed by atoms with Gasteiger partial charge in [-0.25, -0.2) is 4.79 Å². The molecule has 8 nitrogen and oxygen atoms in total. The van der Waals surface area contributed by atoms with E-state index in [0.717, 1.165) is 15.6 Å². The SMILES string of the molecule is COC(=O)[C@@H](Cc1cccc(Br)c1)NC(=O)C[C@@H]1NC(=O)[C@H](Cc2ccccc2)NC1=O. The summed E-state index contributed by atoms with van der Waals surface area (Å²) in [5.74, 6) is -1.94. The number of amides is 3. The Labute approximate surface area is 194 Å². The smallest absolute Gasteiger partial charge is 0.328 e. The van der Waals surface area contributed by atoms with Crippen LogP contribution in [0.3, 0.4) is 0 Å². The summed E-state index contributed by atoms with van der Waals surface area (Å²) in [5.41, 5.74) is 1.74. The molecular weight excluding hydrogens is 478 g/mol. The minimum atomic E-state index is -1.02. The first-order valence-electron chi connectivity index (χ1n) is 10.1. The van der Waals surface area contributed by atoms with Crippen molar-refractivity contribution >= 4 is 39.6 Å². The molecule has 0 spiro atoms. The third-order valence-electron chi connectivity index (χ3n) is 5.09. The van der Waals surface area contributed by atoms with Gasteiger partial charge in [0.15, 0.2) is 0 Å². The molecule has 32 heavy (non-hydrogen) atoms. The number of carbonyl (C=O) groups is 4. The number of methoxy groups -OCH3 is 1. The molecule has 0 unspecified atom stereocenters. The summed E-state index contributed by atoms with van der Waals surface area (Å²) in [6, 6.07) is 14.0. The zero-order valence-electron chi connectivity index (χ0n) is 17.5. The van der Waals surface area contributed by atoms with Gasteiger partial charge in [-0.05, 0) is 23.3 Å².